The van der Waals surface area contributed by atoms with E-state index in [9.17, 15) is 0 Å². The molecular weight excluding hydrogens is 344 g/mol. The van der Waals surface area contributed by atoms with Crippen LogP contribution in [0.1, 0.15) is 30.1 Å². The quantitative estimate of drug-likeness (QED) is 0.680. The summed E-state index contributed by atoms with van der Waals surface area (Å²) in [6, 6.07) is 13.9. The Morgan fingerprint density at radius 2 is 1.92 bits per heavy atom. The summed E-state index contributed by atoms with van der Waals surface area (Å²) in [5, 5.41) is 0.722. The van der Waals surface area contributed by atoms with Gasteiger partial charge in [0, 0.05) is 48.2 Å². The number of hydrogen-bond donors (Lipinski definition) is 0. The van der Waals surface area contributed by atoms with Crippen molar-refractivity contribution in [3.05, 3.63) is 77.5 Å². The van der Waals surface area contributed by atoms with E-state index in [-0.39, 0.29) is 0 Å². The number of nitrogens with zero attached hydrogens (tertiary/aromatic N) is 4. The molecule has 0 N–H and O–H groups in total. The van der Waals surface area contributed by atoms with E-state index in [0.717, 1.165) is 60.1 Å². The molecule has 1 atom stereocenters. The number of rotatable bonds is 4. The first-order valence-electron chi connectivity index (χ1n) is 8.99. The van der Waals surface area contributed by atoms with E-state index in [4.69, 9.17) is 16.6 Å². The van der Waals surface area contributed by atoms with E-state index in [0.29, 0.717) is 5.92 Å². The van der Waals surface area contributed by atoms with Gasteiger partial charge in [-0.15, -0.1) is 0 Å². The van der Waals surface area contributed by atoms with Crippen LogP contribution in [0.2, 0.25) is 5.02 Å². The van der Waals surface area contributed by atoms with Crippen LogP contribution in [0.5, 0.6) is 0 Å². The summed E-state index contributed by atoms with van der Waals surface area (Å²) in [7, 11) is 0. The molecule has 132 valence electrons. The molecule has 4 nitrogen and oxygen atoms in total. The average Bonchev–Trinajstić information content (AvgIpc) is 2.69. The Kier molecular flexibility index (Phi) is 5.23. The van der Waals surface area contributed by atoms with Crippen molar-refractivity contribution in [3.8, 4) is 11.3 Å². The molecule has 0 spiro atoms. The lowest BCUT2D eigenvalue weighted by Gasteiger charge is -2.32. The predicted octanol–water partition coefficient (Wildman–Crippen LogP) is 4.57. The molecular formula is C21H21ClN4. The van der Waals surface area contributed by atoms with Gasteiger partial charge in [0.15, 0.2) is 0 Å². The number of piperidine rings is 1. The van der Waals surface area contributed by atoms with E-state index in [1.54, 1.807) is 12.4 Å². The highest BCUT2D eigenvalue weighted by Gasteiger charge is 2.25. The number of pyridine rings is 1. The maximum atomic E-state index is 6.18. The summed E-state index contributed by atoms with van der Waals surface area (Å²) < 4.78 is 0. The van der Waals surface area contributed by atoms with Gasteiger partial charge in [0.2, 0.25) is 0 Å². The van der Waals surface area contributed by atoms with Crippen molar-refractivity contribution in [1.29, 1.82) is 0 Å². The highest BCUT2D eigenvalue weighted by Crippen LogP contribution is 2.32. The van der Waals surface area contributed by atoms with Gasteiger partial charge >= 0.3 is 0 Å². The third-order valence-corrected chi connectivity index (χ3v) is 5.06. The molecule has 1 aliphatic heterocycles. The topological polar surface area (TPSA) is 41.9 Å². The van der Waals surface area contributed by atoms with E-state index in [1.807, 2.05) is 42.6 Å². The molecule has 1 aromatic carbocycles. The van der Waals surface area contributed by atoms with Gasteiger partial charge in [-0.2, -0.15) is 0 Å². The molecule has 1 fully saturated rings. The molecule has 2 aromatic heterocycles. The minimum Gasteiger partial charge on any atom is -0.297 e. The van der Waals surface area contributed by atoms with Gasteiger partial charge in [0.1, 0.15) is 0 Å². The predicted molar refractivity (Wildman–Crippen MR) is 104 cm³/mol. The number of halogens is 1. The molecule has 0 saturated carbocycles. The third-order valence-electron chi connectivity index (χ3n) is 4.83. The second kappa shape index (κ2) is 7.94. The summed E-state index contributed by atoms with van der Waals surface area (Å²) in [6.07, 6.45) is 7.69. The van der Waals surface area contributed by atoms with E-state index in [2.05, 4.69) is 20.9 Å². The van der Waals surface area contributed by atoms with Gasteiger partial charge in [-0.3, -0.25) is 19.9 Å². The molecule has 1 aliphatic rings. The lowest BCUT2D eigenvalue weighted by Crippen LogP contribution is -2.34. The van der Waals surface area contributed by atoms with E-state index >= 15 is 0 Å². The fraction of sp³-hybridized carbons (Fsp3) is 0.286. The molecule has 0 amide bonds. The van der Waals surface area contributed by atoms with Gasteiger partial charge in [-0.25, -0.2) is 0 Å². The van der Waals surface area contributed by atoms with Crippen molar-refractivity contribution in [1.82, 2.24) is 19.9 Å². The molecule has 3 heterocycles. The molecule has 26 heavy (non-hydrogen) atoms. The van der Waals surface area contributed by atoms with Crippen molar-refractivity contribution >= 4 is 11.6 Å². The Bertz CT molecular complexity index is 869. The van der Waals surface area contributed by atoms with Crippen LogP contribution in [-0.2, 0) is 6.54 Å². The maximum Gasteiger partial charge on any atom is 0.0921 e. The van der Waals surface area contributed by atoms with Gasteiger partial charge < -0.3 is 0 Å². The van der Waals surface area contributed by atoms with Crippen molar-refractivity contribution < 1.29 is 0 Å². The average molecular weight is 365 g/mol. The van der Waals surface area contributed by atoms with Crippen LogP contribution < -0.4 is 0 Å². The van der Waals surface area contributed by atoms with Crippen molar-refractivity contribution in [2.24, 2.45) is 0 Å². The Morgan fingerprint density at radius 1 is 1.00 bits per heavy atom. The van der Waals surface area contributed by atoms with Crippen LogP contribution >= 0.6 is 11.6 Å². The number of hydrogen-bond acceptors (Lipinski definition) is 4. The van der Waals surface area contributed by atoms with Crippen LogP contribution in [0.15, 0.2) is 61.1 Å². The Morgan fingerprint density at radius 3 is 2.77 bits per heavy atom. The van der Waals surface area contributed by atoms with E-state index < -0.39 is 0 Å². The van der Waals surface area contributed by atoms with Crippen LogP contribution in [0.25, 0.3) is 11.3 Å². The number of likely N-dealkylation sites (tertiary alicyclic amines) is 1. The molecule has 0 bridgehead atoms. The minimum atomic E-state index is 0.371. The second-order valence-corrected chi connectivity index (χ2v) is 7.13. The zero-order valence-corrected chi connectivity index (χ0v) is 15.3. The second-order valence-electron chi connectivity index (χ2n) is 6.70. The molecule has 0 radical (unpaired) electrons. The summed E-state index contributed by atoms with van der Waals surface area (Å²) in [5.41, 5.74) is 4.16. The summed E-state index contributed by atoms with van der Waals surface area (Å²) in [6.45, 7) is 2.95. The van der Waals surface area contributed by atoms with Crippen LogP contribution in [-0.4, -0.2) is 32.9 Å². The monoisotopic (exact) mass is 364 g/mol. The first kappa shape index (κ1) is 17.1. The van der Waals surface area contributed by atoms with Crippen LogP contribution in [0, 0.1) is 0 Å². The van der Waals surface area contributed by atoms with Gasteiger partial charge in [0.05, 0.1) is 17.1 Å². The van der Waals surface area contributed by atoms with E-state index in [1.165, 1.54) is 0 Å². The summed E-state index contributed by atoms with van der Waals surface area (Å²) in [5.74, 6) is 0.371. The zero-order chi connectivity index (χ0) is 17.8. The van der Waals surface area contributed by atoms with Crippen LogP contribution in [0.4, 0.5) is 0 Å². The van der Waals surface area contributed by atoms with Gasteiger partial charge in [0.25, 0.3) is 0 Å². The first-order chi connectivity index (χ1) is 12.8. The maximum absolute atomic E-state index is 6.18. The zero-order valence-electron chi connectivity index (χ0n) is 14.6. The smallest absolute Gasteiger partial charge is 0.0921 e. The van der Waals surface area contributed by atoms with Crippen molar-refractivity contribution in [2.75, 3.05) is 13.1 Å². The number of benzene rings is 1. The summed E-state index contributed by atoms with van der Waals surface area (Å²) in [4.78, 5) is 16.3. The Hall–Kier alpha value is -2.30. The molecule has 4 rings (SSSR count). The van der Waals surface area contributed by atoms with Gasteiger partial charge in [-0.1, -0.05) is 29.8 Å². The largest absolute Gasteiger partial charge is 0.297 e. The highest BCUT2D eigenvalue weighted by molar-refractivity contribution is 6.30. The normalized spacial score (nSPS) is 18.0. The standard InChI is InChI=1S/C21H21ClN4/c22-18-7-3-5-16(13-18)20-21(25-11-10-24-20)17-6-4-12-26(14-17)15-19-8-1-2-9-23-19/h1-3,5,7-11,13,17H,4,6,12,14-15H2/t17-/m1/s1. The molecule has 0 aliphatic carbocycles. The molecule has 0 unspecified atom stereocenters. The summed E-state index contributed by atoms with van der Waals surface area (Å²) >= 11 is 6.18. The number of aromatic nitrogens is 3. The Labute approximate surface area is 158 Å². The minimum absolute atomic E-state index is 0.371. The Balaban J connectivity index is 1.57. The van der Waals surface area contributed by atoms with Crippen molar-refractivity contribution in [3.63, 3.8) is 0 Å². The van der Waals surface area contributed by atoms with Crippen LogP contribution in [0.3, 0.4) is 0 Å². The molecule has 1 saturated heterocycles. The molecule has 5 heteroatoms. The lowest BCUT2D eigenvalue weighted by atomic mass is 9.91. The first-order valence-corrected chi connectivity index (χ1v) is 9.36. The molecule has 3 aromatic rings. The fourth-order valence-electron chi connectivity index (χ4n) is 3.65. The van der Waals surface area contributed by atoms with Crippen molar-refractivity contribution in [2.45, 2.75) is 25.3 Å². The fourth-order valence-corrected chi connectivity index (χ4v) is 3.84. The SMILES string of the molecule is Clc1cccc(-c2nccnc2[C@@H]2CCCN(Cc3ccccn3)C2)c1. The van der Waals surface area contributed by atoms with Gasteiger partial charge in [-0.05, 0) is 43.7 Å². The third kappa shape index (κ3) is 3.92. The highest BCUT2D eigenvalue weighted by atomic mass is 35.5. The lowest BCUT2D eigenvalue weighted by molar-refractivity contribution is 0.196.